The molecule has 0 N–H and O–H groups in total. The normalized spacial score (nSPS) is 15.5. The molecular weight excluding hydrogens is 451 g/mol. The second-order valence-corrected chi connectivity index (χ2v) is 15.3. The summed E-state index contributed by atoms with van der Waals surface area (Å²) in [5.74, 6) is 0. The van der Waals surface area contributed by atoms with Crippen LogP contribution in [0.1, 0.15) is 92.4 Å². The molecule has 0 aliphatic carbocycles. The van der Waals surface area contributed by atoms with Crippen LogP contribution in [0.4, 0.5) is 0 Å². The number of alkyl halides is 1. The van der Waals surface area contributed by atoms with Gasteiger partial charge in [0.05, 0.1) is 10.5 Å². The van der Waals surface area contributed by atoms with E-state index in [1.807, 2.05) is 0 Å². The average Bonchev–Trinajstić information content (AvgIpc) is 2.55. The minimum atomic E-state index is -1.83. The molecule has 0 fully saturated rings. The molecule has 0 heterocycles. The van der Waals surface area contributed by atoms with Crippen LogP contribution in [0.3, 0.4) is 0 Å². The van der Waals surface area contributed by atoms with Crippen LogP contribution in [0.15, 0.2) is 12.2 Å². The van der Waals surface area contributed by atoms with Gasteiger partial charge in [-0.05, 0) is 31.0 Å². The number of unbranched alkanes of at least 4 members (excludes halogenated alkanes) is 6. The minimum Gasteiger partial charge on any atom is -0.391 e. The molecule has 0 bridgehead atoms. The van der Waals surface area contributed by atoms with E-state index >= 15 is 0 Å². The zero-order valence-electron chi connectivity index (χ0n) is 18.6. The van der Waals surface area contributed by atoms with Crippen LogP contribution < -0.4 is 0 Å². The summed E-state index contributed by atoms with van der Waals surface area (Å²) in [6.07, 6.45) is 15.8. The van der Waals surface area contributed by atoms with Crippen LogP contribution in [0.25, 0.3) is 0 Å². The van der Waals surface area contributed by atoms with E-state index in [4.69, 9.17) is 9.16 Å². The molecule has 0 saturated carbocycles. The van der Waals surface area contributed by atoms with Gasteiger partial charge >= 0.3 is 0 Å². The van der Waals surface area contributed by atoms with Gasteiger partial charge in [0.15, 0.2) is 14.6 Å². The summed E-state index contributed by atoms with van der Waals surface area (Å²) in [6.45, 7) is 16.7. The van der Waals surface area contributed by atoms with Gasteiger partial charge < -0.3 is 9.16 Å². The Labute approximate surface area is 179 Å². The average molecular weight is 497 g/mol. The Bertz CT molecular complexity index is 364. The first-order valence-corrected chi connectivity index (χ1v) is 14.9. The van der Waals surface area contributed by atoms with Crippen LogP contribution in [-0.2, 0) is 9.16 Å². The Hall–Kier alpha value is 0.607. The lowest BCUT2D eigenvalue weighted by Gasteiger charge is -2.40. The van der Waals surface area contributed by atoms with Crippen LogP contribution in [0.5, 0.6) is 0 Å². The Kier molecular flexibility index (Phi) is 14.9. The largest absolute Gasteiger partial charge is 0.391 e. The van der Waals surface area contributed by atoms with E-state index in [-0.39, 0.29) is 11.3 Å². The minimum absolute atomic E-state index is 0.0848. The number of allylic oxidation sites excluding steroid dienone is 1. The number of hydrogen-bond donors (Lipinski definition) is 0. The van der Waals surface area contributed by atoms with Crippen molar-refractivity contribution in [2.75, 3.05) is 6.61 Å². The van der Waals surface area contributed by atoms with Gasteiger partial charge in [-0.2, -0.15) is 0 Å². The predicted octanol–water partition coefficient (Wildman–Crippen LogP) is 8.26. The topological polar surface area (TPSA) is 18.5 Å². The highest BCUT2D eigenvalue weighted by atomic mass is 127. The van der Waals surface area contributed by atoms with E-state index in [0.717, 1.165) is 6.42 Å². The summed E-state index contributed by atoms with van der Waals surface area (Å²) in [4.78, 5) is 0. The van der Waals surface area contributed by atoms with Crippen molar-refractivity contribution in [2.24, 2.45) is 0 Å². The second kappa shape index (κ2) is 14.6. The molecule has 0 amide bonds. The molecule has 4 heteroatoms. The van der Waals surface area contributed by atoms with Crippen LogP contribution >= 0.6 is 22.6 Å². The molecule has 0 aliphatic rings. The lowest BCUT2D eigenvalue weighted by molar-refractivity contribution is -0.0761. The van der Waals surface area contributed by atoms with Gasteiger partial charge in [0.25, 0.3) is 0 Å². The first kappa shape index (κ1) is 26.6. The van der Waals surface area contributed by atoms with E-state index < -0.39 is 8.32 Å². The third-order valence-electron chi connectivity index (χ3n) is 5.32. The third-order valence-corrected chi connectivity index (χ3v) is 11.0. The first-order chi connectivity index (χ1) is 12.2. The summed E-state index contributed by atoms with van der Waals surface area (Å²) in [5.41, 5.74) is 0. The van der Waals surface area contributed by atoms with Gasteiger partial charge in [0, 0.05) is 0 Å². The lowest BCUT2D eigenvalue weighted by Crippen LogP contribution is -2.47. The molecule has 0 spiro atoms. The second-order valence-electron chi connectivity index (χ2n) is 8.91. The van der Waals surface area contributed by atoms with Crippen LogP contribution in [0.2, 0.25) is 18.1 Å². The van der Waals surface area contributed by atoms with Gasteiger partial charge in [-0.1, -0.05) is 114 Å². The first-order valence-electron chi connectivity index (χ1n) is 10.7. The molecule has 0 aliphatic heterocycles. The highest BCUT2D eigenvalue weighted by Crippen LogP contribution is 2.38. The van der Waals surface area contributed by atoms with Gasteiger partial charge in [-0.15, -0.1) is 0 Å². The molecule has 0 aromatic heterocycles. The van der Waals surface area contributed by atoms with Crippen molar-refractivity contribution in [1.82, 2.24) is 0 Å². The molecule has 0 rings (SSSR count). The van der Waals surface area contributed by atoms with E-state index in [2.05, 4.69) is 82.5 Å². The van der Waals surface area contributed by atoms with Crippen molar-refractivity contribution in [2.45, 2.75) is 121 Å². The molecule has 0 unspecified atom stereocenters. The molecule has 2 atom stereocenters. The van der Waals surface area contributed by atoms with Crippen molar-refractivity contribution in [3.8, 4) is 0 Å². The Balaban J connectivity index is 4.59. The number of ether oxygens (including phenoxy) is 1. The molecule has 0 aromatic rings. The highest BCUT2D eigenvalue weighted by molar-refractivity contribution is 14.1. The number of rotatable bonds is 15. The van der Waals surface area contributed by atoms with Crippen LogP contribution in [0, 0.1) is 0 Å². The van der Waals surface area contributed by atoms with Gasteiger partial charge in [-0.3, -0.25) is 0 Å². The zero-order chi connectivity index (χ0) is 20.1. The molecular formula is C22H45IO2Si. The van der Waals surface area contributed by atoms with Gasteiger partial charge in [0.2, 0.25) is 0 Å². The van der Waals surface area contributed by atoms with E-state index in [1.165, 1.54) is 51.4 Å². The lowest BCUT2D eigenvalue weighted by atomic mass is 10.1. The maximum absolute atomic E-state index is 6.64. The fraction of sp³-hybridized carbons (Fsp3) is 0.909. The standard InChI is InChI=1S/C22H45IO2Si/c1-8-10-12-14-15-16-18-20(23)21(24-19-17-13-11-9-2)25-26(6,7)22(3,4)5/h13,17,20-21H,8-12,14-16,18-19H2,1-7H3/b17-13+/t20-,21+/m0/s1. The monoisotopic (exact) mass is 496 g/mol. The highest BCUT2D eigenvalue weighted by Gasteiger charge is 2.40. The fourth-order valence-corrected chi connectivity index (χ4v) is 4.68. The van der Waals surface area contributed by atoms with E-state index in [0.29, 0.717) is 10.5 Å². The zero-order valence-corrected chi connectivity index (χ0v) is 21.7. The maximum atomic E-state index is 6.64. The van der Waals surface area contributed by atoms with Crippen molar-refractivity contribution in [1.29, 1.82) is 0 Å². The molecule has 26 heavy (non-hydrogen) atoms. The van der Waals surface area contributed by atoms with Crippen LogP contribution in [-0.4, -0.2) is 25.1 Å². The third kappa shape index (κ3) is 12.1. The van der Waals surface area contributed by atoms with E-state index in [1.54, 1.807) is 0 Å². The van der Waals surface area contributed by atoms with Crippen molar-refractivity contribution in [3.05, 3.63) is 12.2 Å². The predicted molar refractivity (Wildman–Crippen MR) is 128 cm³/mol. The van der Waals surface area contributed by atoms with E-state index in [9.17, 15) is 0 Å². The summed E-state index contributed by atoms with van der Waals surface area (Å²) in [7, 11) is -1.83. The van der Waals surface area contributed by atoms with Gasteiger partial charge in [0.1, 0.15) is 0 Å². The van der Waals surface area contributed by atoms with Crippen molar-refractivity contribution >= 4 is 30.9 Å². The summed E-state index contributed by atoms with van der Waals surface area (Å²) < 4.78 is 13.3. The van der Waals surface area contributed by atoms with Gasteiger partial charge in [-0.25, -0.2) is 0 Å². The maximum Gasteiger partial charge on any atom is 0.195 e. The molecule has 156 valence electrons. The molecule has 0 aromatic carbocycles. The van der Waals surface area contributed by atoms with Crippen molar-refractivity contribution < 1.29 is 9.16 Å². The summed E-state index contributed by atoms with van der Waals surface area (Å²) in [5, 5.41) is 0.211. The Morgan fingerprint density at radius 1 is 0.923 bits per heavy atom. The summed E-state index contributed by atoms with van der Waals surface area (Å²) >= 11 is 2.56. The molecule has 0 saturated heterocycles. The number of hydrogen-bond acceptors (Lipinski definition) is 2. The molecule has 2 nitrogen and oxygen atoms in total. The Morgan fingerprint density at radius 3 is 2.12 bits per heavy atom. The number of halogens is 1. The smallest absolute Gasteiger partial charge is 0.195 e. The summed E-state index contributed by atoms with van der Waals surface area (Å²) in [6, 6.07) is 0. The molecule has 0 radical (unpaired) electrons. The SMILES string of the molecule is CCC/C=C/CO[C@H](O[Si](C)(C)C(C)(C)C)[C@@H](I)CCCCCCCC. The van der Waals surface area contributed by atoms with Crippen molar-refractivity contribution in [3.63, 3.8) is 0 Å². The Morgan fingerprint density at radius 2 is 1.54 bits per heavy atom. The quantitative estimate of drug-likeness (QED) is 0.0567. The fourth-order valence-electron chi connectivity index (χ4n) is 2.44.